The van der Waals surface area contributed by atoms with Crippen LogP contribution in [-0.2, 0) is 43.1 Å². The first-order valence-corrected chi connectivity index (χ1v) is 12.5. The van der Waals surface area contributed by atoms with Crippen LogP contribution in [0, 0.1) is 17.8 Å². The van der Waals surface area contributed by atoms with Gasteiger partial charge in [0.25, 0.3) is 0 Å². The summed E-state index contributed by atoms with van der Waals surface area (Å²) in [6, 6.07) is 0. The van der Waals surface area contributed by atoms with Crippen LogP contribution < -0.4 is 0 Å². The second kappa shape index (κ2) is 17.1. The molecule has 0 aromatic carbocycles. The van der Waals surface area contributed by atoms with Crippen LogP contribution in [0.4, 0.5) is 0 Å². The molecule has 0 aliphatic rings. The quantitative estimate of drug-likeness (QED) is 0.263. The molecule has 11 heteroatoms. The third-order valence-electron chi connectivity index (χ3n) is 2.83. The average Bonchev–Trinajstić information content (AvgIpc) is 2.19. The van der Waals surface area contributed by atoms with Crippen molar-refractivity contribution >= 4 is 37.1 Å². The van der Waals surface area contributed by atoms with Gasteiger partial charge in [0.15, 0.2) is 0 Å². The minimum absolute atomic E-state index is 0. The monoisotopic (exact) mass is 462 g/mol. The minimum atomic E-state index is -3.81. The molecule has 0 spiro atoms. The van der Waals surface area contributed by atoms with Crippen LogP contribution in [0.15, 0.2) is 0 Å². The predicted octanol–water partition coefficient (Wildman–Crippen LogP) is 2.87. The van der Waals surface area contributed by atoms with Crippen LogP contribution in [0.25, 0.3) is 0 Å². The smallest absolute Gasteiger partial charge is 0.319 e. The maximum Gasteiger partial charge on any atom is 0.319 e. The maximum atomic E-state index is 7.56. The normalized spacial score (nSPS) is 13.7. The summed E-state index contributed by atoms with van der Waals surface area (Å²) in [7, 11) is 0. The molecule has 0 aromatic heterocycles. The summed E-state index contributed by atoms with van der Waals surface area (Å²) < 4.78 is 0. The summed E-state index contributed by atoms with van der Waals surface area (Å²) in [6.45, 7) is 4.12. The van der Waals surface area contributed by atoms with E-state index in [-0.39, 0.29) is 19.5 Å². The fourth-order valence-corrected chi connectivity index (χ4v) is 1.79. The molecular formula is C12H32O6P2S2Zn. The zero-order chi connectivity index (χ0) is 18.6. The van der Waals surface area contributed by atoms with Crippen molar-refractivity contribution in [2.75, 3.05) is 0 Å². The third-order valence-corrected chi connectivity index (χ3v) is 2.83. The molecule has 0 saturated carbocycles. The Hall–Kier alpha value is 1.68. The Labute approximate surface area is 163 Å². The van der Waals surface area contributed by atoms with Gasteiger partial charge in [-0.25, -0.2) is 0 Å². The molecule has 0 fully saturated rings. The van der Waals surface area contributed by atoms with E-state index in [1.165, 1.54) is 25.7 Å². The van der Waals surface area contributed by atoms with Crippen LogP contribution in [0.2, 0.25) is 0 Å². The first kappa shape index (κ1) is 32.4. The third kappa shape index (κ3) is 59.5. The van der Waals surface area contributed by atoms with Crippen LogP contribution in [0.3, 0.4) is 0 Å². The van der Waals surface area contributed by atoms with E-state index in [9.17, 15) is 0 Å². The van der Waals surface area contributed by atoms with E-state index in [0.29, 0.717) is 0 Å². The number of unbranched alkanes of at least 4 members (excludes halogenated alkanes) is 1. The van der Waals surface area contributed by atoms with Crippen LogP contribution in [-0.4, -0.2) is 29.4 Å². The van der Waals surface area contributed by atoms with Gasteiger partial charge in [0, 0.05) is 19.5 Å². The molecule has 0 aliphatic heterocycles. The van der Waals surface area contributed by atoms with Gasteiger partial charge in [-0.05, 0) is 47.8 Å². The van der Waals surface area contributed by atoms with Gasteiger partial charge in [-0.2, -0.15) is 0 Å². The number of rotatable bonds is 6. The summed E-state index contributed by atoms with van der Waals surface area (Å²) in [5, 5.41) is 0. The second-order valence-corrected chi connectivity index (χ2v) is 10.7. The molecule has 0 heterocycles. The fourth-order valence-electron chi connectivity index (χ4n) is 1.79. The predicted molar refractivity (Wildman–Crippen MR) is 99.2 cm³/mol. The van der Waals surface area contributed by atoms with Gasteiger partial charge in [0.1, 0.15) is 0 Å². The Morgan fingerprint density at radius 3 is 1.30 bits per heavy atom. The van der Waals surface area contributed by atoms with Crippen molar-refractivity contribution < 1.29 is 48.8 Å². The molecule has 6 nitrogen and oxygen atoms in total. The molecule has 0 amide bonds. The van der Waals surface area contributed by atoms with Crippen molar-refractivity contribution in [3.63, 3.8) is 0 Å². The SMILES string of the molecule is CCCCC(C)C(C)CC(C)C.OP(O)(O)=S.OP(O)(O)=S.[Zn]. The Balaban J connectivity index is -0.000000137. The fraction of sp³-hybridized carbons (Fsp3) is 1.00. The molecule has 0 aliphatic carbocycles. The van der Waals surface area contributed by atoms with Gasteiger partial charge >= 0.3 is 13.4 Å². The summed E-state index contributed by atoms with van der Waals surface area (Å²) in [4.78, 5) is 45.3. The zero-order valence-electron chi connectivity index (χ0n) is 14.7. The van der Waals surface area contributed by atoms with Gasteiger partial charge in [0.2, 0.25) is 0 Å². The van der Waals surface area contributed by atoms with Gasteiger partial charge in [-0.1, -0.05) is 53.9 Å². The molecule has 6 N–H and O–H groups in total. The largest absolute Gasteiger partial charge is 0.325 e. The Kier molecular flexibility index (Phi) is 24.1. The Bertz CT molecular complexity index is 312. The van der Waals surface area contributed by atoms with Crippen molar-refractivity contribution in [3.8, 4) is 0 Å². The van der Waals surface area contributed by atoms with Crippen LogP contribution in [0.5, 0.6) is 0 Å². The molecule has 0 aromatic rings. The molecule has 140 valence electrons. The number of hydrogen-bond acceptors (Lipinski definition) is 2. The maximum absolute atomic E-state index is 7.56. The van der Waals surface area contributed by atoms with Gasteiger partial charge in [-0.3, -0.25) is 0 Å². The van der Waals surface area contributed by atoms with E-state index in [0.717, 1.165) is 17.8 Å². The molecule has 0 bridgehead atoms. The topological polar surface area (TPSA) is 121 Å². The van der Waals surface area contributed by atoms with Gasteiger partial charge in [-0.15, -0.1) is 0 Å². The van der Waals surface area contributed by atoms with Crippen molar-refractivity contribution in [2.24, 2.45) is 17.8 Å². The molecule has 23 heavy (non-hydrogen) atoms. The molecular weight excluding hydrogens is 432 g/mol. The molecule has 0 radical (unpaired) electrons. The molecule has 0 rings (SSSR count). The van der Waals surface area contributed by atoms with Gasteiger partial charge < -0.3 is 29.4 Å². The van der Waals surface area contributed by atoms with Crippen LogP contribution in [0.1, 0.15) is 60.3 Å². The summed E-state index contributed by atoms with van der Waals surface area (Å²) >= 11 is 7.21. The van der Waals surface area contributed by atoms with Crippen molar-refractivity contribution in [1.29, 1.82) is 0 Å². The Morgan fingerprint density at radius 1 is 0.783 bits per heavy atom. The molecule has 2 unspecified atom stereocenters. The van der Waals surface area contributed by atoms with E-state index in [1.54, 1.807) is 0 Å². The van der Waals surface area contributed by atoms with Crippen molar-refractivity contribution in [3.05, 3.63) is 0 Å². The van der Waals surface area contributed by atoms with Crippen molar-refractivity contribution in [2.45, 2.75) is 60.3 Å². The second-order valence-electron chi connectivity index (χ2n) is 5.75. The first-order valence-electron chi connectivity index (χ1n) is 7.14. The van der Waals surface area contributed by atoms with Crippen LogP contribution >= 0.6 is 13.4 Å². The summed E-state index contributed by atoms with van der Waals surface area (Å²) in [5.41, 5.74) is 0. The molecule has 0 saturated heterocycles. The zero-order valence-corrected chi connectivity index (χ0v) is 21.1. The van der Waals surface area contributed by atoms with E-state index in [1.807, 2.05) is 0 Å². The summed E-state index contributed by atoms with van der Waals surface area (Å²) in [6.07, 6.45) is 5.57. The van der Waals surface area contributed by atoms with Crippen molar-refractivity contribution in [1.82, 2.24) is 0 Å². The van der Waals surface area contributed by atoms with E-state index in [4.69, 9.17) is 29.4 Å². The Morgan fingerprint density at radius 2 is 1.09 bits per heavy atom. The average molecular weight is 464 g/mol. The molecule has 2 atom stereocenters. The first-order chi connectivity index (χ1) is 9.57. The minimum Gasteiger partial charge on any atom is -0.325 e. The van der Waals surface area contributed by atoms with E-state index >= 15 is 0 Å². The van der Waals surface area contributed by atoms with Gasteiger partial charge in [0.05, 0.1) is 0 Å². The standard InChI is InChI=1S/C12H26.2H3O3PS.Zn/c1-6-7-8-11(4)12(5)9-10(2)3;2*1-4(2,3)5;/h10-12H,6-9H2,1-5H3;2*(H3,1,2,3,5);. The number of hydrogen-bond donors (Lipinski definition) is 6. The summed E-state index contributed by atoms with van der Waals surface area (Å²) in [5.74, 6) is 2.70. The van der Waals surface area contributed by atoms with E-state index < -0.39 is 13.4 Å². The van der Waals surface area contributed by atoms with E-state index in [2.05, 4.69) is 58.2 Å².